The molecule has 0 heteroatoms. The summed E-state index contributed by atoms with van der Waals surface area (Å²) in [4.78, 5) is 0. The number of rotatable bonds is 3. The van der Waals surface area contributed by atoms with Gasteiger partial charge in [-0.25, -0.2) is 0 Å². The van der Waals surface area contributed by atoms with Crippen molar-refractivity contribution in [1.82, 2.24) is 0 Å². The Morgan fingerprint density at radius 2 is 1.29 bits per heavy atom. The Labute approximate surface area is 127 Å². The van der Waals surface area contributed by atoms with Crippen molar-refractivity contribution in [3.63, 3.8) is 0 Å². The van der Waals surface area contributed by atoms with Crippen LogP contribution in [0.1, 0.15) is 34.7 Å². The number of fused-ring (bicyclic) bond motifs is 1. The third-order valence-corrected chi connectivity index (χ3v) is 4.16. The summed E-state index contributed by atoms with van der Waals surface area (Å²) in [5.41, 5.74) is 6.96. The number of hydrogen-bond donors (Lipinski definition) is 0. The van der Waals surface area contributed by atoms with E-state index >= 15 is 0 Å². The number of aryl methyl sites for hydroxylation is 3. The first kappa shape index (κ1) is 13.9. The van der Waals surface area contributed by atoms with Gasteiger partial charge >= 0.3 is 0 Å². The van der Waals surface area contributed by atoms with Crippen LogP contribution in [-0.2, 0) is 12.8 Å². The van der Waals surface area contributed by atoms with Crippen molar-refractivity contribution in [2.75, 3.05) is 0 Å². The SMILES string of the molecule is CCc1cccc2c(Cc3cc(C)cc(C)c3)cccc12. The molecule has 3 aromatic carbocycles. The van der Waals surface area contributed by atoms with E-state index in [1.54, 1.807) is 0 Å². The molecule has 0 spiro atoms. The maximum atomic E-state index is 2.30. The van der Waals surface area contributed by atoms with Crippen molar-refractivity contribution in [3.8, 4) is 0 Å². The van der Waals surface area contributed by atoms with Gasteiger partial charge in [0.2, 0.25) is 0 Å². The van der Waals surface area contributed by atoms with Crippen molar-refractivity contribution in [3.05, 3.63) is 82.4 Å². The standard InChI is InChI=1S/C21H22/c1-4-18-7-5-10-21-19(8-6-9-20(18)21)14-17-12-15(2)11-16(3)13-17/h5-13H,4,14H2,1-3H3. The van der Waals surface area contributed by atoms with Crippen LogP contribution < -0.4 is 0 Å². The molecule has 0 amide bonds. The molecule has 0 saturated heterocycles. The normalized spacial score (nSPS) is 11.0. The van der Waals surface area contributed by atoms with Gasteiger partial charge in [0.25, 0.3) is 0 Å². The lowest BCUT2D eigenvalue weighted by molar-refractivity contribution is 1.15. The second kappa shape index (κ2) is 5.73. The minimum atomic E-state index is 1.01. The van der Waals surface area contributed by atoms with Gasteiger partial charge in [0.15, 0.2) is 0 Å². The highest BCUT2D eigenvalue weighted by atomic mass is 14.1. The quantitative estimate of drug-likeness (QED) is 0.582. The first-order valence-electron chi connectivity index (χ1n) is 7.74. The Kier molecular flexibility index (Phi) is 3.79. The fourth-order valence-electron chi connectivity index (χ4n) is 3.29. The molecule has 0 nitrogen and oxygen atoms in total. The van der Waals surface area contributed by atoms with Crippen molar-refractivity contribution < 1.29 is 0 Å². The fourth-order valence-corrected chi connectivity index (χ4v) is 3.29. The molecule has 0 aliphatic heterocycles. The van der Waals surface area contributed by atoms with Gasteiger partial charge in [-0.1, -0.05) is 72.6 Å². The molecule has 0 unspecified atom stereocenters. The van der Waals surface area contributed by atoms with Gasteiger partial charge in [-0.3, -0.25) is 0 Å². The third-order valence-electron chi connectivity index (χ3n) is 4.16. The summed E-state index contributed by atoms with van der Waals surface area (Å²) in [6.45, 7) is 6.58. The van der Waals surface area contributed by atoms with E-state index in [9.17, 15) is 0 Å². The second-order valence-electron chi connectivity index (χ2n) is 5.96. The lowest BCUT2D eigenvalue weighted by Gasteiger charge is -2.11. The van der Waals surface area contributed by atoms with E-state index in [1.807, 2.05) is 0 Å². The van der Waals surface area contributed by atoms with Crippen LogP contribution in [0, 0.1) is 13.8 Å². The van der Waals surface area contributed by atoms with Crippen molar-refractivity contribution in [2.24, 2.45) is 0 Å². The summed E-state index contributed by atoms with van der Waals surface area (Å²) in [6.07, 6.45) is 2.09. The zero-order chi connectivity index (χ0) is 14.8. The lowest BCUT2D eigenvalue weighted by atomic mass is 9.94. The average Bonchev–Trinajstić information content (AvgIpc) is 2.46. The van der Waals surface area contributed by atoms with E-state index in [0.717, 1.165) is 12.8 Å². The van der Waals surface area contributed by atoms with Crippen molar-refractivity contribution >= 4 is 10.8 Å². The monoisotopic (exact) mass is 274 g/mol. The van der Waals surface area contributed by atoms with Crippen LogP contribution in [0.2, 0.25) is 0 Å². The number of benzene rings is 3. The highest BCUT2D eigenvalue weighted by Crippen LogP contribution is 2.25. The topological polar surface area (TPSA) is 0 Å². The van der Waals surface area contributed by atoms with E-state index in [-0.39, 0.29) is 0 Å². The van der Waals surface area contributed by atoms with Gasteiger partial charge in [0.1, 0.15) is 0 Å². The van der Waals surface area contributed by atoms with Crippen LogP contribution in [-0.4, -0.2) is 0 Å². The van der Waals surface area contributed by atoms with Gasteiger partial charge in [-0.05, 0) is 54.2 Å². The summed E-state index contributed by atoms with van der Waals surface area (Å²) in [5, 5.41) is 2.80. The largest absolute Gasteiger partial charge is 0.0613 e. The molecule has 0 aliphatic carbocycles. The molecule has 0 bridgehead atoms. The Balaban J connectivity index is 2.08. The van der Waals surface area contributed by atoms with Crippen LogP contribution in [0.15, 0.2) is 54.6 Å². The molecule has 0 aliphatic rings. The van der Waals surface area contributed by atoms with Crippen molar-refractivity contribution in [1.29, 1.82) is 0 Å². The van der Waals surface area contributed by atoms with Gasteiger partial charge in [-0.15, -0.1) is 0 Å². The van der Waals surface area contributed by atoms with Crippen molar-refractivity contribution in [2.45, 2.75) is 33.6 Å². The van der Waals surface area contributed by atoms with Gasteiger partial charge in [0, 0.05) is 0 Å². The van der Waals surface area contributed by atoms with Crippen LogP contribution >= 0.6 is 0 Å². The van der Waals surface area contributed by atoms with Crippen LogP contribution in [0.25, 0.3) is 10.8 Å². The molecule has 0 saturated carbocycles. The Morgan fingerprint density at radius 3 is 1.90 bits per heavy atom. The van der Waals surface area contributed by atoms with E-state index in [1.165, 1.54) is 38.6 Å². The molecular formula is C21H22. The maximum absolute atomic E-state index is 2.30. The second-order valence-corrected chi connectivity index (χ2v) is 5.96. The summed E-state index contributed by atoms with van der Waals surface area (Å²) in [7, 11) is 0. The molecule has 106 valence electrons. The van der Waals surface area contributed by atoms with E-state index in [0.29, 0.717) is 0 Å². The first-order valence-corrected chi connectivity index (χ1v) is 7.74. The van der Waals surface area contributed by atoms with E-state index < -0.39 is 0 Å². The Bertz CT molecular complexity index is 761. The molecule has 0 atom stereocenters. The van der Waals surface area contributed by atoms with Crippen LogP contribution in [0.5, 0.6) is 0 Å². The fraction of sp³-hybridized carbons (Fsp3) is 0.238. The molecule has 0 radical (unpaired) electrons. The first-order chi connectivity index (χ1) is 10.2. The summed E-state index contributed by atoms with van der Waals surface area (Å²) in [5.74, 6) is 0. The molecule has 0 N–H and O–H groups in total. The van der Waals surface area contributed by atoms with Crippen LogP contribution in [0.3, 0.4) is 0 Å². The Hall–Kier alpha value is -2.08. The van der Waals surface area contributed by atoms with Gasteiger partial charge in [-0.2, -0.15) is 0 Å². The van der Waals surface area contributed by atoms with E-state index in [4.69, 9.17) is 0 Å². The average molecular weight is 274 g/mol. The molecule has 0 heterocycles. The van der Waals surface area contributed by atoms with Crippen LogP contribution in [0.4, 0.5) is 0 Å². The minimum absolute atomic E-state index is 1.01. The molecule has 21 heavy (non-hydrogen) atoms. The molecular weight excluding hydrogens is 252 g/mol. The third kappa shape index (κ3) is 2.85. The zero-order valence-corrected chi connectivity index (χ0v) is 13.1. The number of hydrogen-bond acceptors (Lipinski definition) is 0. The molecule has 3 rings (SSSR count). The zero-order valence-electron chi connectivity index (χ0n) is 13.1. The predicted octanol–water partition coefficient (Wildman–Crippen LogP) is 5.61. The Morgan fingerprint density at radius 1 is 0.714 bits per heavy atom. The summed E-state index contributed by atoms with van der Waals surface area (Å²) in [6, 6.07) is 20.2. The molecule has 0 fully saturated rings. The van der Waals surface area contributed by atoms with E-state index in [2.05, 4.69) is 75.4 Å². The summed E-state index contributed by atoms with van der Waals surface area (Å²) >= 11 is 0. The summed E-state index contributed by atoms with van der Waals surface area (Å²) < 4.78 is 0. The minimum Gasteiger partial charge on any atom is -0.0613 e. The molecule has 3 aromatic rings. The predicted molar refractivity (Wildman–Crippen MR) is 92.0 cm³/mol. The maximum Gasteiger partial charge on any atom is -0.00194 e. The van der Waals surface area contributed by atoms with Gasteiger partial charge in [0.05, 0.1) is 0 Å². The highest BCUT2D eigenvalue weighted by molar-refractivity contribution is 5.88. The lowest BCUT2D eigenvalue weighted by Crippen LogP contribution is -1.93. The molecule has 0 aromatic heterocycles. The highest BCUT2D eigenvalue weighted by Gasteiger charge is 2.05. The van der Waals surface area contributed by atoms with Gasteiger partial charge < -0.3 is 0 Å². The smallest absolute Gasteiger partial charge is 0.00194 e.